The third-order valence-corrected chi connectivity index (χ3v) is 3.55. The highest BCUT2D eigenvalue weighted by atomic mass is 16.5. The van der Waals surface area contributed by atoms with Crippen LogP contribution in [0.5, 0.6) is 11.5 Å². The smallest absolute Gasteiger partial charge is 0.310 e. The second-order valence-electron chi connectivity index (χ2n) is 5.11. The number of aromatic nitrogens is 1. The molecule has 23 heavy (non-hydrogen) atoms. The predicted octanol–water partition coefficient (Wildman–Crippen LogP) is 3.32. The molecule has 0 atom stereocenters. The van der Waals surface area contributed by atoms with E-state index in [0.29, 0.717) is 22.6 Å². The van der Waals surface area contributed by atoms with E-state index in [1.54, 1.807) is 56.6 Å². The van der Waals surface area contributed by atoms with Crippen molar-refractivity contribution in [3.63, 3.8) is 0 Å². The molecule has 1 aromatic carbocycles. The second-order valence-corrected chi connectivity index (χ2v) is 5.11. The minimum atomic E-state index is -0.329. The fourth-order valence-corrected chi connectivity index (χ4v) is 2.28. The molecule has 0 amide bonds. The number of ketones is 1. The number of rotatable bonds is 3. The highest BCUT2D eigenvalue weighted by molar-refractivity contribution is 6.15. The summed E-state index contributed by atoms with van der Waals surface area (Å²) in [7, 11) is 0. The molecule has 0 radical (unpaired) electrons. The third kappa shape index (κ3) is 2.85. The van der Waals surface area contributed by atoms with Crippen LogP contribution in [0.4, 0.5) is 0 Å². The van der Waals surface area contributed by atoms with Crippen molar-refractivity contribution in [1.82, 2.24) is 4.98 Å². The van der Waals surface area contributed by atoms with Crippen LogP contribution in [0.25, 0.3) is 6.08 Å². The summed E-state index contributed by atoms with van der Waals surface area (Å²) >= 11 is 0. The fourth-order valence-electron chi connectivity index (χ4n) is 2.28. The molecule has 0 spiro atoms. The van der Waals surface area contributed by atoms with E-state index in [9.17, 15) is 9.59 Å². The van der Waals surface area contributed by atoms with Crippen LogP contribution in [0.2, 0.25) is 0 Å². The number of carbonyl (C=O) groups is 2. The Bertz CT molecular complexity index is 809. The molecule has 0 saturated heterocycles. The van der Waals surface area contributed by atoms with Crippen molar-refractivity contribution in [2.24, 2.45) is 0 Å². The molecular formula is C18H15NO4. The van der Waals surface area contributed by atoms with Crippen LogP contribution in [0.15, 0.2) is 42.4 Å². The number of Topliss-reactive ketones (excluding diaryl/α,β-unsaturated/α-hetero) is 1. The van der Waals surface area contributed by atoms with Gasteiger partial charge in [0.15, 0.2) is 5.76 Å². The van der Waals surface area contributed by atoms with Crippen molar-refractivity contribution in [3.05, 3.63) is 59.1 Å². The summed E-state index contributed by atoms with van der Waals surface area (Å²) in [4.78, 5) is 27.8. The molecule has 0 bridgehead atoms. The Morgan fingerprint density at radius 2 is 2.00 bits per heavy atom. The molecule has 0 fully saturated rings. The largest absolute Gasteiger partial charge is 0.452 e. The summed E-state index contributed by atoms with van der Waals surface area (Å²) in [6.45, 7) is 3.49. The number of benzene rings is 1. The van der Waals surface area contributed by atoms with Crippen molar-refractivity contribution in [2.45, 2.75) is 20.3 Å². The summed E-state index contributed by atoms with van der Waals surface area (Å²) in [5, 5.41) is 0. The normalized spacial score (nSPS) is 14.5. The number of nitrogens with zero attached hydrogens (tertiary/aromatic N) is 1. The van der Waals surface area contributed by atoms with Crippen LogP contribution < -0.4 is 9.47 Å². The van der Waals surface area contributed by atoms with Crippen molar-refractivity contribution >= 4 is 17.8 Å². The summed E-state index contributed by atoms with van der Waals surface area (Å²) < 4.78 is 11.0. The Morgan fingerprint density at radius 1 is 1.26 bits per heavy atom. The molecule has 5 nitrogen and oxygen atoms in total. The molecule has 2 heterocycles. The molecule has 2 aromatic rings. The van der Waals surface area contributed by atoms with E-state index in [1.165, 1.54) is 0 Å². The molecule has 0 aliphatic carbocycles. The minimum Gasteiger partial charge on any atom is -0.452 e. The SMILES string of the molecule is CCC(=O)Oc1ccc2c(c1C)O/C(=C\c1ccncc1)C2=O. The monoisotopic (exact) mass is 309 g/mol. The minimum absolute atomic E-state index is 0.187. The molecule has 116 valence electrons. The van der Waals surface area contributed by atoms with Gasteiger partial charge in [0, 0.05) is 24.4 Å². The average Bonchev–Trinajstić information content (AvgIpc) is 2.88. The lowest BCUT2D eigenvalue weighted by Crippen LogP contribution is -2.06. The number of hydrogen-bond acceptors (Lipinski definition) is 5. The lowest BCUT2D eigenvalue weighted by molar-refractivity contribution is -0.134. The van der Waals surface area contributed by atoms with E-state index in [4.69, 9.17) is 9.47 Å². The van der Waals surface area contributed by atoms with Gasteiger partial charge < -0.3 is 9.47 Å². The predicted molar refractivity (Wildman–Crippen MR) is 84.3 cm³/mol. The number of allylic oxidation sites excluding steroid dienone is 1. The summed E-state index contributed by atoms with van der Waals surface area (Å²) in [6, 6.07) is 6.82. The Labute approximate surface area is 133 Å². The lowest BCUT2D eigenvalue weighted by atomic mass is 10.1. The Kier molecular flexibility index (Phi) is 3.93. The summed E-state index contributed by atoms with van der Waals surface area (Å²) in [6.07, 6.45) is 5.24. The molecule has 0 saturated carbocycles. The Hall–Kier alpha value is -2.95. The first kappa shape index (κ1) is 15.0. The number of ether oxygens (including phenoxy) is 2. The van der Waals surface area contributed by atoms with Crippen LogP contribution in [-0.4, -0.2) is 16.7 Å². The van der Waals surface area contributed by atoms with E-state index in [2.05, 4.69) is 4.98 Å². The zero-order valence-corrected chi connectivity index (χ0v) is 12.8. The third-order valence-electron chi connectivity index (χ3n) is 3.55. The van der Waals surface area contributed by atoms with Gasteiger partial charge in [0.05, 0.1) is 5.56 Å². The molecular weight excluding hydrogens is 294 g/mol. The van der Waals surface area contributed by atoms with E-state index in [0.717, 1.165) is 5.56 Å². The first-order valence-corrected chi connectivity index (χ1v) is 7.28. The van der Waals surface area contributed by atoms with Crippen LogP contribution in [0, 0.1) is 6.92 Å². The Morgan fingerprint density at radius 3 is 2.70 bits per heavy atom. The van der Waals surface area contributed by atoms with Gasteiger partial charge in [-0.3, -0.25) is 14.6 Å². The molecule has 0 N–H and O–H groups in total. The fraction of sp³-hybridized carbons (Fsp3) is 0.167. The highest BCUT2D eigenvalue weighted by Crippen LogP contribution is 2.39. The van der Waals surface area contributed by atoms with Crippen LogP contribution >= 0.6 is 0 Å². The van der Waals surface area contributed by atoms with Crippen molar-refractivity contribution in [1.29, 1.82) is 0 Å². The van der Waals surface area contributed by atoms with Gasteiger partial charge in [-0.1, -0.05) is 6.92 Å². The van der Waals surface area contributed by atoms with Gasteiger partial charge in [-0.25, -0.2) is 0 Å². The van der Waals surface area contributed by atoms with Gasteiger partial charge in [-0.15, -0.1) is 0 Å². The Balaban J connectivity index is 1.95. The number of carbonyl (C=O) groups excluding carboxylic acids is 2. The number of pyridine rings is 1. The summed E-state index contributed by atoms with van der Waals surface area (Å²) in [5.41, 5.74) is 1.93. The van der Waals surface area contributed by atoms with Gasteiger partial charge in [0.25, 0.3) is 0 Å². The number of esters is 1. The van der Waals surface area contributed by atoms with Crippen LogP contribution in [0.1, 0.15) is 34.8 Å². The molecule has 1 aromatic heterocycles. The van der Waals surface area contributed by atoms with Crippen molar-refractivity contribution in [3.8, 4) is 11.5 Å². The van der Waals surface area contributed by atoms with E-state index < -0.39 is 0 Å². The number of fused-ring (bicyclic) bond motifs is 1. The second kappa shape index (κ2) is 6.04. The van der Waals surface area contributed by atoms with E-state index >= 15 is 0 Å². The van der Waals surface area contributed by atoms with Gasteiger partial charge in [-0.05, 0) is 42.8 Å². The maximum atomic E-state index is 12.4. The van der Waals surface area contributed by atoms with Crippen LogP contribution in [0.3, 0.4) is 0 Å². The van der Waals surface area contributed by atoms with E-state index in [-0.39, 0.29) is 23.9 Å². The first-order valence-electron chi connectivity index (χ1n) is 7.28. The van der Waals surface area contributed by atoms with Gasteiger partial charge >= 0.3 is 5.97 Å². The average molecular weight is 309 g/mol. The number of hydrogen-bond donors (Lipinski definition) is 0. The first-order chi connectivity index (χ1) is 11.1. The van der Waals surface area contributed by atoms with Gasteiger partial charge in [-0.2, -0.15) is 0 Å². The molecule has 3 rings (SSSR count). The van der Waals surface area contributed by atoms with Crippen molar-refractivity contribution < 1.29 is 19.1 Å². The quantitative estimate of drug-likeness (QED) is 0.494. The summed E-state index contributed by atoms with van der Waals surface area (Å²) in [5.74, 6) is 0.580. The topological polar surface area (TPSA) is 65.5 Å². The highest BCUT2D eigenvalue weighted by Gasteiger charge is 2.30. The van der Waals surface area contributed by atoms with Gasteiger partial charge in [0.1, 0.15) is 11.5 Å². The van der Waals surface area contributed by atoms with Crippen molar-refractivity contribution in [2.75, 3.05) is 0 Å². The maximum Gasteiger partial charge on any atom is 0.310 e. The molecule has 1 aliphatic heterocycles. The van der Waals surface area contributed by atoms with Crippen LogP contribution in [-0.2, 0) is 4.79 Å². The van der Waals surface area contributed by atoms with Gasteiger partial charge in [0.2, 0.25) is 5.78 Å². The molecule has 5 heteroatoms. The zero-order valence-electron chi connectivity index (χ0n) is 12.8. The maximum absolute atomic E-state index is 12.4. The standard InChI is InChI=1S/C18H15NO4/c1-3-16(20)22-14-5-4-13-17(21)15(23-18(13)11(14)2)10-12-6-8-19-9-7-12/h4-10H,3H2,1-2H3/b15-10-. The lowest BCUT2D eigenvalue weighted by Gasteiger charge is -2.09. The molecule has 1 aliphatic rings. The molecule has 0 unspecified atom stereocenters. The van der Waals surface area contributed by atoms with E-state index in [1.807, 2.05) is 0 Å². The zero-order chi connectivity index (χ0) is 16.4.